The molecule has 0 aromatic carbocycles. The Hall–Kier alpha value is -0.960. The minimum Gasteiger partial charge on any atom is -0.389 e. The molecule has 0 aromatic heterocycles. The van der Waals surface area contributed by atoms with E-state index in [1.165, 1.54) is 0 Å². The average molecular weight is 212 g/mol. The highest BCUT2D eigenvalue weighted by atomic mass is 16.5. The van der Waals surface area contributed by atoms with Crippen molar-refractivity contribution in [3.63, 3.8) is 0 Å². The summed E-state index contributed by atoms with van der Waals surface area (Å²) in [4.78, 5) is 0. The lowest BCUT2D eigenvalue weighted by atomic mass is 10.3. The van der Waals surface area contributed by atoms with Gasteiger partial charge in [-0.2, -0.15) is 0 Å². The Morgan fingerprint density at radius 1 is 1.20 bits per heavy atom. The van der Waals surface area contributed by atoms with Gasteiger partial charge in [-0.25, -0.2) is 0 Å². The first-order valence-corrected chi connectivity index (χ1v) is 5.55. The van der Waals surface area contributed by atoms with Gasteiger partial charge in [0.2, 0.25) is 0 Å². The summed E-state index contributed by atoms with van der Waals surface area (Å²) in [5, 5.41) is 6.45. The molecule has 0 rings (SSSR count). The molecule has 3 nitrogen and oxygen atoms in total. The standard InChI is InChI=1S/C12H24N2O/c1-5-15-10-7-12(4)14-9-6-8-13-11(2)3/h13-14H,2,4-10H2,1,3H3. The third-order valence-electron chi connectivity index (χ3n) is 1.91. The van der Waals surface area contributed by atoms with E-state index in [2.05, 4.69) is 23.8 Å². The maximum Gasteiger partial charge on any atom is 0.0520 e. The van der Waals surface area contributed by atoms with Crippen LogP contribution in [0.15, 0.2) is 24.6 Å². The van der Waals surface area contributed by atoms with Crippen molar-refractivity contribution in [2.45, 2.75) is 26.7 Å². The summed E-state index contributed by atoms with van der Waals surface area (Å²) < 4.78 is 5.24. The van der Waals surface area contributed by atoms with E-state index in [0.29, 0.717) is 0 Å². The molecule has 0 amide bonds. The highest BCUT2D eigenvalue weighted by Crippen LogP contribution is 1.93. The van der Waals surface area contributed by atoms with Crippen LogP contribution in [-0.4, -0.2) is 26.3 Å². The summed E-state index contributed by atoms with van der Waals surface area (Å²) in [5.41, 5.74) is 2.07. The van der Waals surface area contributed by atoms with Gasteiger partial charge in [-0.3, -0.25) is 0 Å². The quantitative estimate of drug-likeness (QED) is 0.544. The zero-order valence-corrected chi connectivity index (χ0v) is 10.1. The lowest BCUT2D eigenvalue weighted by Gasteiger charge is -2.10. The third-order valence-corrected chi connectivity index (χ3v) is 1.91. The minimum atomic E-state index is 0.756. The van der Waals surface area contributed by atoms with Crippen LogP contribution in [0.2, 0.25) is 0 Å². The van der Waals surface area contributed by atoms with Crippen LogP contribution in [-0.2, 0) is 4.74 Å². The molecule has 0 radical (unpaired) electrons. The Kier molecular flexibility index (Phi) is 8.98. The number of ether oxygens (including phenoxy) is 1. The summed E-state index contributed by atoms with van der Waals surface area (Å²) in [6.07, 6.45) is 1.96. The molecular formula is C12H24N2O. The Balaban J connectivity index is 3.20. The van der Waals surface area contributed by atoms with Crippen LogP contribution >= 0.6 is 0 Å². The second kappa shape index (κ2) is 9.59. The van der Waals surface area contributed by atoms with E-state index in [-0.39, 0.29) is 0 Å². The van der Waals surface area contributed by atoms with Crippen LogP contribution in [0.5, 0.6) is 0 Å². The van der Waals surface area contributed by atoms with Crippen molar-refractivity contribution >= 4 is 0 Å². The molecule has 0 aliphatic rings. The molecule has 2 N–H and O–H groups in total. The molecule has 0 heterocycles. The van der Waals surface area contributed by atoms with Gasteiger partial charge in [0.1, 0.15) is 0 Å². The SMILES string of the molecule is C=C(C)NCCCNC(=C)CCOCC. The van der Waals surface area contributed by atoms with E-state index in [9.17, 15) is 0 Å². The zero-order valence-electron chi connectivity index (χ0n) is 10.1. The molecule has 3 heteroatoms. The average Bonchev–Trinajstić information content (AvgIpc) is 2.17. The van der Waals surface area contributed by atoms with Gasteiger partial charge < -0.3 is 15.4 Å². The zero-order chi connectivity index (χ0) is 11.5. The molecule has 0 fully saturated rings. The number of allylic oxidation sites excluding steroid dienone is 1. The molecule has 0 aromatic rings. The topological polar surface area (TPSA) is 33.3 Å². The summed E-state index contributed by atoms with van der Waals surface area (Å²) in [6, 6.07) is 0. The van der Waals surface area contributed by atoms with Gasteiger partial charge in [0.05, 0.1) is 6.61 Å². The normalized spacial score (nSPS) is 9.73. The summed E-state index contributed by atoms with van der Waals surface area (Å²) in [7, 11) is 0. The fraction of sp³-hybridized carbons (Fsp3) is 0.667. The smallest absolute Gasteiger partial charge is 0.0520 e. The lowest BCUT2D eigenvalue weighted by molar-refractivity contribution is 0.150. The number of rotatable bonds is 10. The first kappa shape index (κ1) is 14.0. The van der Waals surface area contributed by atoms with Gasteiger partial charge in [0, 0.05) is 37.5 Å². The predicted molar refractivity (Wildman–Crippen MR) is 65.7 cm³/mol. The van der Waals surface area contributed by atoms with Crippen molar-refractivity contribution in [3.05, 3.63) is 24.6 Å². The van der Waals surface area contributed by atoms with E-state index < -0.39 is 0 Å². The first-order chi connectivity index (χ1) is 7.16. The van der Waals surface area contributed by atoms with E-state index in [0.717, 1.165) is 50.5 Å². The van der Waals surface area contributed by atoms with Crippen molar-refractivity contribution in [1.29, 1.82) is 0 Å². The molecular weight excluding hydrogens is 188 g/mol. The molecule has 0 unspecified atom stereocenters. The molecule has 15 heavy (non-hydrogen) atoms. The van der Waals surface area contributed by atoms with E-state index >= 15 is 0 Å². The minimum absolute atomic E-state index is 0.756. The number of nitrogens with one attached hydrogen (secondary N) is 2. The van der Waals surface area contributed by atoms with E-state index in [4.69, 9.17) is 4.74 Å². The van der Waals surface area contributed by atoms with Crippen LogP contribution < -0.4 is 10.6 Å². The van der Waals surface area contributed by atoms with Crippen LogP contribution in [0.1, 0.15) is 26.7 Å². The highest BCUT2D eigenvalue weighted by molar-refractivity contribution is 4.90. The Morgan fingerprint density at radius 2 is 1.87 bits per heavy atom. The fourth-order valence-electron chi connectivity index (χ4n) is 1.08. The Bertz CT molecular complexity index is 190. The van der Waals surface area contributed by atoms with Crippen LogP contribution in [0.4, 0.5) is 0 Å². The Labute approximate surface area is 93.6 Å². The van der Waals surface area contributed by atoms with Gasteiger partial charge in [-0.1, -0.05) is 13.2 Å². The molecule has 0 aliphatic heterocycles. The van der Waals surface area contributed by atoms with Crippen molar-refractivity contribution in [2.24, 2.45) is 0 Å². The predicted octanol–water partition coefficient (Wildman–Crippen LogP) is 2.03. The fourth-order valence-corrected chi connectivity index (χ4v) is 1.08. The van der Waals surface area contributed by atoms with Crippen LogP contribution in [0.25, 0.3) is 0 Å². The van der Waals surface area contributed by atoms with Gasteiger partial charge in [-0.05, 0) is 20.3 Å². The molecule has 0 saturated heterocycles. The van der Waals surface area contributed by atoms with Crippen molar-refractivity contribution in [2.75, 3.05) is 26.3 Å². The summed E-state index contributed by atoms with van der Waals surface area (Å²) >= 11 is 0. The number of hydrogen-bond acceptors (Lipinski definition) is 3. The third kappa shape index (κ3) is 11.0. The number of hydrogen-bond donors (Lipinski definition) is 2. The van der Waals surface area contributed by atoms with Crippen molar-refractivity contribution < 1.29 is 4.74 Å². The molecule has 0 aliphatic carbocycles. The first-order valence-electron chi connectivity index (χ1n) is 5.55. The molecule has 0 bridgehead atoms. The van der Waals surface area contributed by atoms with Crippen LogP contribution in [0.3, 0.4) is 0 Å². The van der Waals surface area contributed by atoms with Crippen molar-refractivity contribution in [1.82, 2.24) is 10.6 Å². The van der Waals surface area contributed by atoms with E-state index in [1.54, 1.807) is 0 Å². The molecule has 0 atom stereocenters. The summed E-state index contributed by atoms with van der Waals surface area (Å²) in [6.45, 7) is 15.1. The molecule has 0 spiro atoms. The Morgan fingerprint density at radius 3 is 2.47 bits per heavy atom. The van der Waals surface area contributed by atoms with Crippen molar-refractivity contribution in [3.8, 4) is 0 Å². The van der Waals surface area contributed by atoms with Gasteiger partial charge in [0.25, 0.3) is 0 Å². The maximum absolute atomic E-state index is 5.24. The van der Waals surface area contributed by atoms with E-state index in [1.807, 2.05) is 13.8 Å². The molecule has 88 valence electrons. The highest BCUT2D eigenvalue weighted by Gasteiger charge is 1.93. The lowest BCUT2D eigenvalue weighted by Crippen LogP contribution is -2.20. The summed E-state index contributed by atoms with van der Waals surface area (Å²) in [5.74, 6) is 0. The van der Waals surface area contributed by atoms with Gasteiger partial charge in [0.15, 0.2) is 0 Å². The van der Waals surface area contributed by atoms with Gasteiger partial charge in [-0.15, -0.1) is 0 Å². The second-order valence-electron chi connectivity index (χ2n) is 3.54. The maximum atomic E-state index is 5.24. The second-order valence-corrected chi connectivity index (χ2v) is 3.54. The van der Waals surface area contributed by atoms with Gasteiger partial charge >= 0.3 is 0 Å². The molecule has 0 saturated carbocycles. The van der Waals surface area contributed by atoms with Crippen LogP contribution in [0, 0.1) is 0 Å². The monoisotopic (exact) mass is 212 g/mol. The largest absolute Gasteiger partial charge is 0.389 e.